The summed E-state index contributed by atoms with van der Waals surface area (Å²) in [5.74, 6) is 0.919. The van der Waals surface area contributed by atoms with Crippen LogP contribution in [0.25, 0.3) is 0 Å². The lowest BCUT2D eigenvalue weighted by molar-refractivity contribution is 0.302. The van der Waals surface area contributed by atoms with Crippen LogP contribution in [0.4, 0.5) is 0 Å². The summed E-state index contributed by atoms with van der Waals surface area (Å²) in [5.41, 5.74) is 1.07. The zero-order chi connectivity index (χ0) is 11.6. The molecule has 0 aromatic heterocycles. The van der Waals surface area contributed by atoms with Crippen LogP contribution in [0, 0.1) is 0 Å². The number of halogens is 1. The van der Waals surface area contributed by atoms with E-state index in [2.05, 4.69) is 35.8 Å². The quantitative estimate of drug-likeness (QED) is 0.605. The minimum absolute atomic E-state index is 0.108. The van der Waals surface area contributed by atoms with E-state index >= 15 is 0 Å². The number of epoxide rings is 1. The standard InChI is InChI=1S/C13H17BrO2/c1-3-4-8-15-11-7-5-6-10(12(11)14)13(2)9-16-13/h5-7H,3-4,8-9H2,1-2H3. The van der Waals surface area contributed by atoms with E-state index in [0.717, 1.165) is 36.3 Å². The van der Waals surface area contributed by atoms with Crippen molar-refractivity contribution in [1.29, 1.82) is 0 Å². The van der Waals surface area contributed by atoms with Crippen molar-refractivity contribution in [3.63, 3.8) is 0 Å². The molecule has 0 spiro atoms. The molecule has 2 rings (SSSR count). The van der Waals surface area contributed by atoms with Gasteiger partial charge in [-0.3, -0.25) is 0 Å². The Labute approximate surface area is 105 Å². The predicted octanol–water partition coefficient (Wildman–Crippen LogP) is 3.87. The van der Waals surface area contributed by atoms with Gasteiger partial charge in [0, 0.05) is 5.56 Å². The monoisotopic (exact) mass is 284 g/mol. The fraction of sp³-hybridized carbons (Fsp3) is 0.538. The Bertz CT molecular complexity index is 372. The van der Waals surface area contributed by atoms with Gasteiger partial charge in [-0.1, -0.05) is 25.5 Å². The summed E-state index contributed by atoms with van der Waals surface area (Å²) in [6.07, 6.45) is 2.24. The minimum Gasteiger partial charge on any atom is -0.492 e. The normalized spacial score (nSPS) is 23.2. The highest BCUT2D eigenvalue weighted by Gasteiger charge is 2.43. The summed E-state index contributed by atoms with van der Waals surface area (Å²) in [4.78, 5) is 0. The Morgan fingerprint density at radius 3 is 2.88 bits per heavy atom. The molecule has 0 radical (unpaired) electrons. The average Bonchev–Trinajstić information content (AvgIpc) is 3.00. The molecule has 0 amide bonds. The SMILES string of the molecule is CCCCOc1cccc(C2(C)CO2)c1Br. The highest BCUT2D eigenvalue weighted by Crippen LogP contribution is 2.44. The van der Waals surface area contributed by atoms with Gasteiger partial charge in [0.25, 0.3) is 0 Å². The van der Waals surface area contributed by atoms with E-state index in [-0.39, 0.29) is 5.60 Å². The fourth-order valence-corrected chi connectivity index (χ4v) is 2.42. The summed E-state index contributed by atoms with van der Waals surface area (Å²) >= 11 is 3.60. The number of rotatable bonds is 5. The first-order chi connectivity index (χ1) is 7.67. The number of benzene rings is 1. The van der Waals surface area contributed by atoms with Crippen molar-refractivity contribution in [2.24, 2.45) is 0 Å². The third kappa shape index (κ3) is 2.41. The van der Waals surface area contributed by atoms with E-state index in [1.54, 1.807) is 0 Å². The Balaban J connectivity index is 2.13. The van der Waals surface area contributed by atoms with E-state index in [9.17, 15) is 0 Å². The van der Waals surface area contributed by atoms with Gasteiger partial charge in [0.1, 0.15) is 11.4 Å². The maximum atomic E-state index is 5.74. The molecule has 1 heterocycles. The molecule has 1 atom stereocenters. The van der Waals surface area contributed by atoms with Crippen LogP contribution in [0.15, 0.2) is 22.7 Å². The first-order valence-corrected chi connectivity index (χ1v) is 6.52. The molecule has 1 fully saturated rings. The van der Waals surface area contributed by atoms with Crippen LogP contribution in [0.2, 0.25) is 0 Å². The summed E-state index contributed by atoms with van der Waals surface area (Å²) in [5, 5.41) is 0. The molecular formula is C13H17BrO2. The van der Waals surface area contributed by atoms with Gasteiger partial charge in [-0.15, -0.1) is 0 Å². The Morgan fingerprint density at radius 1 is 1.50 bits per heavy atom. The van der Waals surface area contributed by atoms with Crippen molar-refractivity contribution in [1.82, 2.24) is 0 Å². The summed E-state index contributed by atoms with van der Waals surface area (Å²) in [6.45, 7) is 5.83. The van der Waals surface area contributed by atoms with E-state index in [1.165, 1.54) is 5.56 Å². The lowest BCUT2D eigenvalue weighted by Crippen LogP contribution is -2.05. The average molecular weight is 285 g/mol. The van der Waals surface area contributed by atoms with Gasteiger partial charge in [-0.2, -0.15) is 0 Å². The van der Waals surface area contributed by atoms with E-state index in [0.29, 0.717) is 0 Å². The van der Waals surface area contributed by atoms with Crippen LogP contribution < -0.4 is 4.74 Å². The van der Waals surface area contributed by atoms with E-state index < -0.39 is 0 Å². The summed E-state index contributed by atoms with van der Waals surface area (Å²) in [7, 11) is 0. The second kappa shape index (κ2) is 4.76. The third-order valence-electron chi connectivity index (χ3n) is 2.87. The molecule has 88 valence electrons. The van der Waals surface area contributed by atoms with Gasteiger partial charge in [-0.25, -0.2) is 0 Å². The van der Waals surface area contributed by atoms with Crippen molar-refractivity contribution < 1.29 is 9.47 Å². The number of unbranched alkanes of at least 4 members (excludes halogenated alkanes) is 1. The third-order valence-corrected chi connectivity index (χ3v) is 3.68. The highest BCUT2D eigenvalue weighted by atomic mass is 79.9. The van der Waals surface area contributed by atoms with Gasteiger partial charge < -0.3 is 9.47 Å². The van der Waals surface area contributed by atoms with Gasteiger partial charge in [0.05, 0.1) is 17.7 Å². The Hall–Kier alpha value is -0.540. The molecule has 1 aromatic carbocycles. The zero-order valence-electron chi connectivity index (χ0n) is 9.75. The van der Waals surface area contributed by atoms with Crippen molar-refractivity contribution in [3.05, 3.63) is 28.2 Å². The smallest absolute Gasteiger partial charge is 0.133 e. The van der Waals surface area contributed by atoms with Crippen LogP contribution in [-0.4, -0.2) is 13.2 Å². The van der Waals surface area contributed by atoms with Crippen LogP contribution in [0.5, 0.6) is 5.75 Å². The molecule has 1 unspecified atom stereocenters. The molecule has 1 saturated heterocycles. The molecule has 0 N–H and O–H groups in total. The first-order valence-electron chi connectivity index (χ1n) is 5.73. The van der Waals surface area contributed by atoms with Gasteiger partial charge in [0.2, 0.25) is 0 Å². The number of ether oxygens (including phenoxy) is 2. The van der Waals surface area contributed by atoms with Gasteiger partial charge in [0.15, 0.2) is 0 Å². The Morgan fingerprint density at radius 2 is 2.25 bits per heavy atom. The second-order valence-electron chi connectivity index (χ2n) is 4.34. The van der Waals surface area contributed by atoms with Crippen LogP contribution in [0.1, 0.15) is 32.3 Å². The van der Waals surface area contributed by atoms with E-state index in [1.807, 2.05) is 12.1 Å². The molecule has 1 aromatic rings. The predicted molar refractivity (Wildman–Crippen MR) is 67.8 cm³/mol. The first kappa shape index (κ1) is 11.9. The van der Waals surface area contributed by atoms with Crippen molar-refractivity contribution in [2.45, 2.75) is 32.3 Å². The molecular weight excluding hydrogens is 268 g/mol. The van der Waals surface area contributed by atoms with Crippen molar-refractivity contribution in [3.8, 4) is 5.75 Å². The number of hydrogen-bond donors (Lipinski definition) is 0. The number of hydrogen-bond acceptors (Lipinski definition) is 2. The fourth-order valence-electron chi connectivity index (χ4n) is 1.62. The minimum atomic E-state index is -0.108. The largest absolute Gasteiger partial charge is 0.492 e. The molecule has 0 aliphatic carbocycles. The van der Waals surface area contributed by atoms with Gasteiger partial charge in [-0.05, 0) is 35.3 Å². The topological polar surface area (TPSA) is 21.8 Å². The molecule has 0 bridgehead atoms. The van der Waals surface area contributed by atoms with Crippen molar-refractivity contribution in [2.75, 3.05) is 13.2 Å². The van der Waals surface area contributed by atoms with Crippen molar-refractivity contribution >= 4 is 15.9 Å². The maximum absolute atomic E-state index is 5.74. The van der Waals surface area contributed by atoms with Crippen LogP contribution in [-0.2, 0) is 10.3 Å². The maximum Gasteiger partial charge on any atom is 0.133 e. The highest BCUT2D eigenvalue weighted by molar-refractivity contribution is 9.10. The van der Waals surface area contributed by atoms with Gasteiger partial charge >= 0.3 is 0 Å². The van der Waals surface area contributed by atoms with E-state index in [4.69, 9.17) is 9.47 Å². The lowest BCUT2D eigenvalue weighted by Gasteiger charge is -2.13. The lowest BCUT2D eigenvalue weighted by atomic mass is 10.0. The molecule has 0 saturated carbocycles. The second-order valence-corrected chi connectivity index (χ2v) is 5.13. The molecule has 1 aliphatic heterocycles. The molecule has 16 heavy (non-hydrogen) atoms. The zero-order valence-corrected chi connectivity index (χ0v) is 11.3. The molecule has 3 heteroatoms. The van der Waals surface area contributed by atoms with Crippen LogP contribution >= 0.6 is 15.9 Å². The summed E-state index contributed by atoms with van der Waals surface area (Å²) in [6, 6.07) is 6.10. The Kier molecular flexibility index (Phi) is 3.55. The molecule has 2 nitrogen and oxygen atoms in total. The summed E-state index contributed by atoms with van der Waals surface area (Å²) < 4.78 is 12.2. The van der Waals surface area contributed by atoms with Crippen LogP contribution in [0.3, 0.4) is 0 Å². The molecule has 1 aliphatic rings.